The fourth-order valence-electron chi connectivity index (χ4n) is 5.20. The van der Waals surface area contributed by atoms with E-state index in [0.717, 1.165) is 102 Å². The van der Waals surface area contributed by atoms with Crippen LogP contribution in [0.1, 0.15) is 25.3 Å². The predicted octanol–water partition coefficient (Wildman–Crippen LogP) is 5.16. The first-order valence-electron chi connectivity index (χ1n) is 12.9. The molecule has 2 aromatic carbocycles. The number of halogens is 1. The fourth-order valence-corrected chi connectivity index (χ4v) is 6.47. The molecule has 1 amide bonds. The van der Waals surface area contributed by atoms with Gasteiger partial charge in [0.2, 0.25) is 0 Å². The molecule has 190 valence electrons. The smallest absolute Gasteiger partial charge is 0.286 e. The number of aromatic nitrogens is 2. The highest BCUT2D eigenvalue weighted by Crippen LogP contribution is 2.35. The zero-order valence-electron chi connectivity index (χ0n) is 20.9. The van der Waals surface area contributed by atoms with Crippen molar-refractivity contribution in [2.45, 2.75) is 19.8 Å². The van der Waals surface area contributed by atoms with Crippen LogP contribution in [-0.2, 0) is 4.79 Å². The molecule has 3 aliphatic heterocycles. The molecule has 0 bridgehead atoms. The topological polar surface area (TPSA) is 64.9 Å². The summed E-state index contributed by atoms with van der Waals surface area (Å²) in [6.45, 7) is 9.28. The lowest BCUT2D eigenvalue weighted by atomic mass is 10.0. The second kappa shape index (κ2) is 10.4. The van der Waals surface area contributed by atoms with Gasteiger partial charge >= 0.3 is 0 Å². The Morgan fingerprint density at radius 2 is 1.78 bits per heavy atom. The van der Waals surface area contributed by atoms with Gasteiger partial charge in [0, 0.05) is 50.2 Å². The van der Waals surface area contributed by atoms with Crippen molar-refractivity contribution in [1.29, 1.82) is 0 Å². The lowest BCUT2D eigenvalue weighted by Crippen LogP contribution is -2.46. The molecule has 3 aliphatic rings. The van der Waals surface area contributed by atoms with Crippen LogP contribution in [0.25, 0.3) is 28.2 Å². The number of hydrogen-bond acceptors (Lipinski definition) is 7. The van der Waals surface area contributed by atoms with Crippen LogP contribution >= 0.6 is 23.4 Å². The van der Waals surface area contributed by atoms with E-state index in [1.54, 1.807) is 6.33 Å². The van der Waals surface area contributed by atoms with Gasteiger partial charge in [-0.05, 0) is 67.1 Å². The Kier molecular flexibility index (Phi) is 6.88. The maximum atomic E-state index is 12.6. The van der Waals surface area contributed by atoms with E-state index in [1.165, 1.54) is 11.8 Å². The van der Waals surface area contributed by atoms with E-state index in [2.05, 4.69) is 48.7 Å². The molecular formula is C28H29ClN6OS. The van der Waals surface area contributed by atoms with Gasteiger partial charge in [-0.25, -0.2) is 9.97 Å². The summed E-state index contributed by atoms with van der Waals surface area (Å²) in [5.41, 5.74) is 4.62. The third kappa shape index (κ3) is 4.98. The van der Waals surface area contributed by atoms with E-state index in [1.807, 2.05) is 30.3 Å². The fraction of sp³-hybridized carbons (Fsp3) is 0.357. The largest absolute Gasteiger partial charge is 0.368 e. The van der Waals surface area contributed by atoms with Crippen molar-refractivity contribution < 1.29 is 4.79 Å². The molecule has 6 rings (SSSR count). The maximum absolute atomic E-state index is 12.6. The molecule has 0 spiro atoms. The number of likely N-dealkylation sites (N-methyl/N-ethyl adjacent to an activating group) is 1. The second-order valence-electron chi connectivity index (χ2n) is 9.59. The van der Waals surface area contributed by atoms with E-state index in [4.69, 9.17) is 11.6 Å². The summed E-state index contributed by atoms with van der Waals surface area (Å²) in [6, 6.07) is 12.2. The quantitative estimate of drug-likeness (QED) is 0.430. The Morgan fingerprint density at radius 3 is 2.54 bits per heavy atom. The summed E-state index contributed by atoms with van der Waals surface area (Å²) in [7, 11) is 0. The number of carbonyl (C=O) groups is 1. The number of carbonyl (C=O) groups excluding carboxylic acids is 1. The Balaban J connectivity index is 1.28. The van der Waals surface area contributed by atoms with E-state index in [9.17, 15) is 4.79 Å². The average Bonchev–Trinajstić information content (AvgIpc) is 3.59. The molecule has 37 heavy (non-hydrogen) atoms. The van der Waals surface area contributed by atoms with Crippen LogP contribution in [0.5, 0.6) is 0 Å². The molecule has 1 aromatic heterocycles. The highest BCUT2D eigenvalue weighted by atomic mass is 35.5. The third-order valence-electron chi connectivity index (χ3n) is 7.32. The first-order chi connectivity index (χ1) is 18.1. The minimum absolute atomic E-state index is 0.168. The summed E-state index contributed by atoms with van der Waals surface area (Å²) in [5, 5.41) is 2.48. The number of benzene rings is 2. The first-order valence-corrected chi connectivity index (χ1v) is 14.1. The van der Waals surface area contributed by atoms with Gasteiger partial charge in [0.05, 0.1) is 26.8 Å². The summed E-state index contributed by atoms with van der Waals surface area (Å²) >= 11 is 8.26. The van der Waals surface area contributed by atoms with Crippen molar-refractivity contribution in [2.24, 2.45) is 4.99 Å². The van der Waals surface area contributed by atoms with Crippen molar-refractivity contribution in [3.8, 4) is 11.3 Å². The third-order valence-corrected chi connectivity index (χ3v) is 8.67. The summed E-state index contributed by atoms with van der Waals surface area (Å²) in [5.74, 6) is -0.168. The van der Waals surface area contributed by atoms with Gasteiger partial charge in [0.25, 0.3) is 5.91 Å². The molecule has 0 unspecified atom stereocenters. The molecule has 2 saturated heterocycles. The van der Waals surface area contributed by atoms with E-state index < -0.39 is 0 Å². The van der Waals surface area contributed by atoms with Crippen molar-refractivity contribution in [3.05, 3.63) is 58.2 Å². The van der Waals surface area contributed by atoms with Crippen LogP contribution < -0.4 is 4.90 Å². The van der Waals surface area contributed by atoms with Crippen LogP contribution in [0, 0.1) is 0 Å². The standard InChI is InChI=1S/C28H29ClN6OS/c1-2-33-11-13-34(14-12-33)24-8-6-20(17-22(24)29)26-21-15-19(5-7-23(21)30-18-31-26)16-25-27(36)32-28(37-25)35-9-3-4-10-35/h5-8,15-18H,2-4,9-14H2,1H3. The highest BCUT2D eigenvalue weighted by Gasteiger charge is 2.27. The van der Waals surface area contributed by atoms with Crippen molar-refractivity contribution in [3.63, 3.8) is 0 Å². The Hall–Kier alpha value is -2.94. The zero-order valence-corrected chi connectivity index (χ0v) is 22.4. The lowest BCUT2D eigenvalue weighted by molar-refractivity contribution is -0.113. The van der Waals surface area contributed by atoms with Crippen LogP contribution in [0.15, 0.2) is 52.6 Å². The Morgan fingerprint density at radius 1 is 0.973 bits per heavy atom. The molecule has 9 heteroatoms. The number of hydrogen-bond donors (Lipinski definition) is 0. The molecule has 3 aromatic rings. The van der Waals surface area contributed by atoms with Gasteiger partial charge in [-0.15, -0.1) is 0 Å². The van der Waals surface area contributed by atoms with Crippen LogP contribution in [0.3, 0.4) is 0 Å². The van der Waals surface area contributed by atoms with Gasteiger partial charge in [0.1, 0.15) is 6.33 Å². The number of likely N-dealkylation sites (tertiary alicyclic amines) is 1. The number of nitrogens with zero attached hydrogens (tertiary/aromatic N) is 6. The number of aliphatic imine (C=N–C) groups is 1. The van der Waals surface area contributed by atoms with Crippen molar-refractivity contribution in [2.75, 3.05) is 50.7 Å². The predicted molar refractivity (Wildman–Crippen MR) is 153 cm³/mol. The molecule has 0 radical (unpaired) electrons. The minimum Gasteiger partial charge on any atom is -0.368 e. The SMILES string of the molecule is CCN1CCN(c2ccc(-c3ncnc4ccc(C=C5SC(N6CCCC6)=NC5=O)cc34)cc2Cl)CC1. The molecule has 2 fully saturated rings. The number of rotatable bonds is 4. The molecule has 0 atom stereocenters. The highest BCUT2D eigenvalue weighted by molar-refractivity contribution is 8.18. The summed E-state index contributed by atoms with van der Waals surface area (Å²) < 4.78 is 0. The Labute approximate surface area is 226 Å². The number of amidine groups is 1. The number of fused-ring (bicyclic) bond motifs is 1. The van der Waals surface area contributed by atoms with Crippen molar-refractivity contribution >= 4 is 57.1 Å². The molecule has 7 nitrogen and oxygen atoms in total. The van der Waals surface area contributed by atoms with Crippen LogP contribution in [0.4, 0.5) is 5.69 Å². The first kappa shape index (κ1) is 24.4. The molecular weight excluding hydrogens is 504 g/mol. The molecule has 0 N–H and O–H groups in total. The lowest BCUT2D eigenvalue weighted by Gasteiger charge is -2.36. The minimum atomic E-state index is -0.168. The van der Waals surface area contributed by atoms with Gasteiger partial charge < -0.3 is 14.7 Å². The van der Waals surface area contributed by atoms with Gasteiger partial charge in [-0.3, -0.25) is 4.79 Å². The van der Waals surface area contributed by atoms with Gasteiger partial charge in [-0.1, -0.05) is 30.7 Å². The number of amides is 1. The van der Waals surface area contributed by atoms with E-state index in [0.29, 0.717) is 4.91 Å². The normalized spacial score (nSPS) is 19.9. The van der Waals surface area contributed by atoms with Crippen LogP contribution in [-0.4, -0.2) is 76.7 Å². The zero-order chi connectivity index (χ0) is 25.4. The van der Waals surface area contributed by atoms with Gasteiger partial charge in [-0.2, -0.15) is 4.99 Å². The van der Waals surface area contributed by atoms with Gasteiger partial charge in [0.15, 0.2) is 5.17 Å². The molecule has 4 heterocycles. The number of piperazine rings is 1. The Bertz CT molecular complexity index is 1410. The monoisotopic (exact) mass is 532 g/mol. The average molecular weight is 533 g/mol. The van der Waals surface area contributed by atoms with Crippen LogP contribution in [0.2, 0.25) is 5.02 Å². The summed E-state index contributed by atoms with van der Waals surface area (Å²) in [6.07, 6.45) is 5.82. The number of anilines is 1. The molecule has 0 saturated carbocycles. The van der Waals surface area contributed by atoms with E-state index in [-0.39, 0.29) is 5.91 Å². The molecule has 0 aliphatic carbocycles. The summed E-state index contributed by atoms with van der Waals surface area (Å²) in [4.78, 5) is 33.6. The van der Waals surface area contributed by atoms with Crippen molar-refractivity contribution in [1.82, 2.24) is 19.8 Å². The maximum Gasteiger partial charge on any atom is 0.286 e. The van der Waals surface area contributed by atoms with E-state index >= 15 is 0 Å². The number of thioether (sulfide) groups is 1. The second-order valence-corrected chi connectivity index (χ2v) is 11.0.